The molecule has 0 aromatic rings. The summed E-state index contributed by atoms with van der Waals surface area (Å²) < 4.78 is 0. The lowest BCUT2D eigenvalue weighted by molar-refractivity contribution is -0.108. The Morgan fingerprint density at radius 3 is 2.25 bits per heavy atom. The molecule has 44 valence electrons. The standard InChI is InChI=1S/C7H10O/c1-5(2)3-6-4-7(6)8/h3,5H,4H2,1-2H3/b6-3+. The minimum Gasteiger partial charge on any atom is -0.294 e. The molecule has 1 heteroatoms. The molecule has 0 N–H and O–H groups in total. The van der Waals surface area contributed by atoms with Gasteiger partial charge in [0.1, 0.15) is 0 Å². The van der Waals surface area contributed by atoms with E-state index >= 15 is 0 Å². The zero-order valence-electron chi connectivity index (χ0n) is 5.27. The molecule has 0 amide bonds. The maximum atomic E-state index is 10.4. The number of hydrogen-bond donors (Lipinski definition) is 0. The van der Waals surface area contributed by atoms with Crippen LogP contribution < -0.4 is 0 Å². The summed E-state index contributed by atoms with van der Waals surface area (Å²) in [5.41, 5.74) is 1.03. The van der Waals surface area contributed by atoms with E-state index in [0.29, 0.717) is 11.7 Å². The lowest BCUT2D eigenvalue weighted by Gasteiger charge is -1.87. The van der Waals surface area contributed by atoms with Gasteiger partial charge < -0.3 is 0 Å². The molecule has 0 radical (unpaired) electrons. The minimum atomic E-state index is 0.332. The fourth-order valence-electron chi connectivity index (χ4n) is 0.683. The van der Waals surface area contributed by atoms with Crippen LogP contribution in [0.25, 0.3) is 0 Å². The molecule has 1 saturated carbocycles. The van der Waals surface area contributed by atoms with E-state index < -0.39 is 0 Å². The van der Waals surface area contributed by atoms with Crippen molar-refractivity contribution in [2.45, 2.75) is 20.3 Å². The van der Waals surface area contributed by atoms with Gasteiger partial charge in [0.2, 0.25) is 0 Å². The van der Waals surface area contributed by atoms with Gasteiger partial charge >= 0.3 is 0 Å². The summed E-state index contributed by atoms with van der Waals surface area (Å²) in [6.45, 7) is 4.16. The maximum Gasteiger partial charge on any atom is 0.163 e. The summed E-state index contributed by atoms with van der Waals surface area (Å²) in [6.07, 6.45) is 2.75. The normalized spacial score (nSPS) is 22.9. The second kappa shape index (κ2) is 1.73. The molecule has 0 heterocycles. The first-order valence-electron chi connectivity index (χ1n) is 2.94. The Balaban J connectivity index is 2.47. The lowest BCUT2D eigenvalue weighted by atomic mass is 10.2. The Labute approximate surface area is 49.4 Å². The Morgan fingerprint density at radius 1 is 1.62 bits per heavy atom. The van der Waals surface area contributed by atoms with Gasteiger partial charge in [0, 0.05) is 6.42 Å². The monoisotopic (exact) mass is 110 g/mol. The van der Waals surface area contributed by atoms with E-state index in [-0.39, 0.29) is 0 Å². The Kier molecular flexibility index (Phi) is 1.20. The van der Waals surface area contributed by atoms with Gasteiger partial charge in [0.25, 0.3) is 0 Å². The van der Waals surface area contributed by atoms with Gasteiger partial charge in [-0.25, -0.2) is 0 Å². The van der Waals surface area contributed by atoms with Crippen LogP contribution in [0.2, 0.25) is 0 Å². The summed E-state index contributed by atoms with van der Waals surface area (Å²) in [4.78, 5) is 10.4. The molecule has 8 heavy (non-hydrogen) atoms. The molecule has 1 fully saturated rings. The van der Waals surface area contributed by atoms with Crippen molar-refractivity contribution in [3.05, 3.63) is 11.6 Å². The summed E-state index contributed by atoms with van der Waals surface area (Å²) in [5, 5.41) is 0. The highest BCUT2D eigenvalue weighted by atomic mass is 16.1. The van der Waals surface area contributed by atoms with Crippen molar-refractivity contribution >= 4 is 5.78 Å². The summed E-state index contributed by atoms with van der Waals surface area (Å²) in [5.74, 6) is 0.871. The van der Waals surface area contributed by atoms with Crippen molar-refractivity contribution in [1.82, 2.24) is 0 Å². The first kappa shape index (κ1) is 5.54. The largest absolute Gasteiger partial charge is 0.294 e. The number of carbonyl (C=O) groups excluding carboxylic acids is 1. The number of allylic oxidation sites excluding steroid dienone is 2. The molecule has 0 aromatic carbocycles. The first-order valence-corrected chi connectivity index (χ1v) is 2.94. The van der Waals surface area contributed by atoms with E-state index in [4.69, 9.17) is 0 Å². The predicted octanol–water partition coefficient (Wildman–Crippen LogP) is 1.54. The molecule has 0 aliphatic heterocycles. The van der Waals surface area contributed by atoms with Crippen molar-refractivity contribution in [1.29, 1.82) is 0 Å². The highest BCUT2D eigenvalue weighted by Gasteiger charge is 2.25. The molecule has 0 bridgehead atoms. The summed E-state index contributed by atoms with van der Waals surface area (Å²) in [6, 6.07) is 0. The smallest absolute Gasteiger partial charge is 0.163 e. The highest BCUT2D eigenvalue weighted by molar-refractivity contribution is 6.13. The van der Waals surface area contributed by atoms with Crippen LogP contribution in [0, 0.1) is 5.92 Å². The van der Waals surface area contributed by atoms with Crippen molar-refractivity contribution in [2.75, 3.05) is 0 Å². The van der Waals surface area contributed by atoms with Gasteiger partial charge in [0.05, 0.1) is 0 Å². The van der Waals surface area contributed by atoms with Crippen LogP contribution in [0.3, 0.4) is 0 Å². The number of rotatable bonds is 1. The third kappa shape index (κ3) is 1.19. The molecule has 0 saturated heterocycles. The minimum absolute atomic E-state index is 0.332. The first-order chi connectivity index (χ1) is 3.70. The second-order valence-corrected chi connectivity index (χ2v) is 2.54. The Hall–Kier alpha value is -0.590. The molecule has 0 spiro atoms. The van der Waals surface area contributed by atoms with E-state index in [1.54, 1.807) is 0 Å². The van der Waals surface area contributed by atoms with Crippen LogP contribution in [0.1, 0.15) is 20.3 Å². The van der Waals surface area contributed by atoms with Gasteiger partial charge in [-0.3, -0.25) is 4.79 Å². The fourth-order valence-corrected chi connectivity index (χ4v) is 0.683. The average Bonchev–Trinajstić information content (AvgIpc) is 2.17. The highest BCUT2D eigenvalue weighted by Crippen LogP contribution is 2.23. The van der Waals surface area contributed by atoms with Crippen molar-refractivity contribution < 1.29 is 4.79 Å². The number of hydrogen-bond acceptors (Lipinski definition) is 1. The van der Waals surface area contributed by atoms with E-state index in [9.17, 15) is 4.79 Å². The van der Waals surface area contributed by atoms with Gasteiger partial charge in [-0.05, 0) is 11.5 Å². The van der Waals surface area contributed by atoms with Crippen LogP contribution in [0.5, 0.6) is 0 Å². The molecule has 0 aromatic heterocycles. The van der Waals surface area contributed by atoms with Crippen LogP contribution in [-0.2, 0) is 4.79 Å². The van der Waals surface area contributed by atoms with Crippen molar-refractivity contribution in [2.24, 2.45) is 5.92 Å². The van der Waals surface area contributed by atoms with Crippen molar-refractivity contribution in [3.63, 3.8) is 0 Å². The van der Waals surface area contributed by atoms with Crippen LogP contribution in [-0.4, -0.2) is 5.78 Å². The number of carbonyl (C=O) groups is 1. The number of Topliss-reactive ketones (excluding diaryl/α,β-unsaturated/α-hetero) is 1. The van der Waals surface area contributed by atoms with E-state index in [1.807, 2.05) is 6.08 Å². The van der Waals surface area contributed by atoms with Crippen LogP contribution >= 0.6 is 0 Å². The zero-order valence-corrected chi connectivity index (χ0v) is 5.27. The molecular weight excluding hydrogens is 100 g/mol. The fraction of sp³-hybridized carbons (Fsp3) is 0.571. The predicted molar refractivity (Wildman–Crippen MR) is 32.5 cm³/mol. The quantitative estimate of drug-likeness (QED) is 0.468. The zero-order chi connectivity index (χ0) is 6.15. The summed E-state index contributed by atoms with van der Waals surface area (Å²) >= 11 is 0. The van der Waals surface area contributed by atoms with Crippen LogP contribution in [0.4, 0.5) is 0 Å². The number of ketones is 1. The molecule has 0 atom stereocenters. The van der Waals surface area contributed by atoms with Gasteiger partial charge in [-0.15, -0.1) is 0 Å². The van der Waals surface area contributed by atoms with Gasteiger partial charge in [-0.1, -0.05) is 19.9 Å². The maximum absolute atomic E-state index is 10.4. The molecular formula is C7H10O. The molecule has 0 unspecified atom stereocenters. The molecule has 1 aliphatic rings. The lowest BCUT2D eigenvalue weighted by Crippen LogP contribution is -1.75. The van der Waals surface area contributed by atoms with E-state index in [0.717, 1.165) is 12.0 Å². The Morgan fingerprint density at radius 2 is 2.12 bits per heavy atom. The topological polar surface area (TPSA) is 17.1 Å². The molecule has 1 aliphatic carbocycles. The SMILES string of the molecule is CC(C)/C=C1\CC1=O. The third-order valence-electron chi connectivity index (χ3n) is 1.12. The van der Waals surface area contributed by atoms with Crippen LogP contribution in [0.15, 0.2) is 11.6 Å². The summed E-state index contributed by atoms with van der Waals surface area (Å²) in [7, 11) is 0. The van der Waals surface area contributed by atoms with Gasteiger partial charge in [-0.2, -0.15) is 0 Å². The Bertz CT molecular complexity index is 142. The van der Waals surface area contributed by atoms with Crippen molar-refractivity contribution in [3.8, 4) is 0 Å². The second-order valence-electron chi connectivity index (χ2n) is 2.54. The van der Waals surface area contributed by atoms with Gasteiger partial charge in [0.15, 0.2) is 5.78 Å². The molecule has 1 nitrogen and oxygen atoms in total. The third-order valence-corrected chi connectivity index (χ3v) is 1.12. The van der Waals surface area contributed by atoms with E-state index in [2.05, 4.69) is 13.8 Å². The average molecular weight is 110 g/mol. The van der Waals surface area contributed by atoms with E-state index in [1.165, 1.54) is 0 Å². The molecule has 1 rings (SSSR count).